The summed E-state index contributed by atoms with van der Waals surface area (Å²) < 4.78 is 5.69. The van der Waals surface area contributed by atoms with Gasteiger partial charge in [0, 0.05) is 25.7 Å². The van der Waals surface area contributed by atoms with Gasteiger partial charge < -0.3 is 14.7 Å². The fourth-order valence-corrected chi connectivity index (χ4v) is 3.51. The average Bonchev–Trinajstić information content (AvgIpc) is 2.51. The van der Waals surface area contributed by atoms with Crippen molar-refractivity contribution in [3.63, 3.8) is 0 Å². The highest BCUT2D eigenvalue weighted by Crippen LogP contribution is 2.32. The third-order valence-corrected chi connectivity index (χ3v) is 4.78. The van der Waals surface area contributed by atoms with Crippen molar-refractivity contribution in [3.05, 3.63) is 28.8 Å². The van der Waals surface area contributed by atoms with Crippen molar-refractivity contribution in [2.45, 2.75) is 45.9 Å². The Morgan fingerprint density at radius 3 is 2.61 bits per heavy atom. The molecule has 1 N–H and O–H groups in total. The van der Waals surface area contributed by atoms with Gasteiger partial charge in [0.1, 0.15) is 5.75 Å². The predicted molar refractivity (Wildman–Crippen MR) is 95.3 cm³/mol. The highest BCUT2D eigenvalue weighted by Gasteiger charge is 2.29. The van der Waals surface area contributed by atoms with E-state index in [1.54, 1.807) is 0 Å². The number of halogens is 1. The van der Waals surface area contributed by atoms with Crippen LogP contribution in [0.1, 0.15) is 39.3 Å². The van der Waals surface area contributed by atoms with E-state index < -0.39 is 0 Å². The zero-order chi connectivity index (χ0) is 17.0. The van der Waals surface area contributed by atoms with Crippen LogP contribution in [0.3, 0.4) is 0 Å². The van der Waals surface area contributed by atoms with Crippen molar-refractivity contribution in [2.24, 2.45) is 0 Å². The Bertz CT molecular complexity index is 510. The van der Waals surface area contributed by atoms with E-state index >= 15 is 0 Å². The molecule has 1 fully saturated rings. The first-order valence-corrected chi connectivity index (χ1v) is 8.89. The van der Waals surface area contributed by atoms with Crippen LogP contribution in [0.4, 0.5) is 0 Å². The second-order valence-electron chi connectivity index (χ2n) is 6.53. The van der Waals surface area contributed by atoms with Crippen LogP contribution >= 0.6 is 11.6 Å². The summed E-state index contributed by atoms with van der Waals surface area (Å²) in [5.74, 6) is 0.700. The van der Waals surface area contributed by atoms with Crippen LogP contribution in [0.25, 0.3) is 0 Å². The summed E-state index contributed by atoms with van der Waals surface area (Å²) in [6, 6.07) is 6.25. The van der Waals surface area contributed by atoms with E-state index in [9.17, 15) is 5.11 Å². The van der Waals surface area contributed by atoms with Crippen molar-refractivity contribution in [1.82, 2.24) is 9.80 Å². The number of ether oxygens (including phenoxy) is 1. The van der Waals surface area contributed by atoms with Gasteiger partial charge >= 0.3 is 0 Å². The van der Waals surface area contributed by atoms with Crippen molar-refractivity contribution in [2.75, 3.05) is 32.8 Å². The number of aliphatic hydroxyl groups excluding tert-OH is 1. The van der Waals surface area contributed by atoms with Gasteiger partial charge in [0.25, 0.3) is 0 Å². The smallest absolute Gasteiger partial charge is 0.138 e. The summed E-state index contributed by atoms with van der Waals surface area (Å²) in [4.78, 5) is 4.82. The lowest BCUT2D eigenvalue weighted by Crippen LogP contribution is -2.53. The van der Waals surface area contributed by atoms with Crippen molar-refractivity contribution >= 4 is 11.6 Å². The van der Waals surface area contributed by atoms with E-state index in [4.69, 9.17) is 16.3 Å². The highest BCUT2D eigenvalue weighted by atomic mass is 35.5. The molecule has 130 valence electrons. The molecule has 0 amide bonds. The van der Waals surface area contributed by atoms with Crippen LogP contribution in [0.2, 0.25) is 5.02 Å². The molecule has 1 aliphatic rings. The quantitative estimate of drug-likeness (QED) is 0.862. The van der Waals surface area contributed by atoms with Crippen LogP contribution in [-0.2, 0) is 0 Å². The fourth-order valence-electron chi connectivity index (χ4n) is 3.27. The summed E-state index contributed by atoms with van der Waals surface area (Å²) in [6.07, 6.45) is 0.0918. The van der Waals surface area contributed by atoms with Crippen molar-refractivity contribution in [3.8, 4) is 5.75 Å². The molecule has 2 atom stereocenters. The molecule has 4 nitrogen and oxygen atoms in total. The maximum Gasteiger partial charge on any atom is 0.138 e. The van der Waals surface area contributed by atoms with E-state index in [0.717, 1.165) is 31.7 Å². The van der Waals surface area contributed by atoms with E-state index in [1.807, 2.05) is 32.0 Å². The van der Waals surface area contributed by atoms with E-state index in [0.29, 0.717) is 16.8 Å². The molecule has 5 heteroatoms. The Kier molecular flexibility index (Phi) is 6.72. The number of likely N-dealkylation sites (N-methyl/N-ethyl adjacent to an activating group) is 1. The molecular weight excluding hydrogens is 312 g/mol. The molecule has 0 saturated carbocycles. The first-order chi connectivity index (χ1) is 11.0. The second kappa shape index (κ2) is 8.34. The van der Waals surface area contributed by atoms with Gasteiger partial charge in [-0.3, -0.25) is 4.90 Å². The third kappa shape index (κ3) is 4.60. The number of benzene rings is 1. The molecule has 0 radical (unpaired) electrons. The minimum atomic E-state index is -0.0189. The Labute approximate surface area is 145 Å². The first kappa shape index (κ1) is 18.5. The highest BCUT2D eigenvalue weighted by molar-refractivity contribution is 6.32. The molecule has 2 rings (SSSR count). The molecule has 1 saturated heterocycles. The van der Waals surface area contributed by atoms with Crippen LogP contribution in [0, 0.1) is 0 Å². The van der Waals surface area contributed by atoms with Crippen LogP contribution in [0.5, 0.6) is 5.75 Å². The topological polar surface area (TPSA) is 35.9 Å². The number of piperazine rings is 1. The Morgan fingerprint density at radius 1 is 1.35 bits per heavy atom. The molecule has 0 aliphatic carbocycles. The third-order valence-electron chi connectivity index (χ3n) is 4.49. The fraction of sp³-hybridized carbons (Fsp3) is 0.667. The van der Waals surface area contributed by atoms with Gasteiger partial charge in [0.05, 0.1) is 23.8 Å². The first-order valence-electron chi connectivity index (χ1n) is 8.51. The molecular formula is C18H29ClN2O2. The minimum Gasteiger partial charge on any atom is -0.489 e. The zero-order valence-corrected chi connectivity index (χ0v) is 15.4. The van der Waals surface area contributed by atoms with Crippen LogP contribution < -0.4 is 4.74 Å². The van der Waals surface area contributed by atoms with Gasteiger partial charge in [-0.05, 0) is 45.0 Å². The Balaban J connectivity index is 2.16. The number of rotatable bonds is 6. The molecule has 0 bridgehead atoms. The minimum absolute atomic E-state index is 0.0189. The Morgan fingerprint density at radius 2 is 2.09 bits per heavy atom. The van der Waals surface area contributed by atoms with E-state index in [2.05, 4.69) is 23.6 Å². The van der Waals surface area contributed by atoms with Gasteiger partial charge in [-0.2, -0.15) is 0 Å². The van der Waals surface area contributed by atoms with Gasteiger partial charge in [-0.25, -0.2) is 0 Å². The number of hydrogen-bond donors (Lipinski definition) is 1. The summed E-state index contributed by atoms with van der Waals surface area (Å²) in [5.41, 5.74) is 1.05. The number of hydrogen-bond acceptors (Lipinski definition) is 4. The molecule has 1 heterocycles. The van der Waals surface area contributed by atoms with Gasteiger partial charge in [-0.15, -0.1) is 0 Å². The molecule has 0 aromatic heterocycles. The maximum absolute atomic E-state index is 9.95. The molecule has 0 spiro atoms. The zero-order valence-electron chi connectivity index (χ0n) is 14.6. The molecule has 1 aliphatic heterocycles. The second-order valence-corrected chi connectivity index (χ2v) is 6.94. The van der Waals surface area contributed by atoms with E-state index in [-0.39, 0.29) is 18.8 Å². The monoisotopic (exact) mass is 340 g/mol. The number of nitrogens with zero attached hydrogens (tertiary/aromatic N) is 2. The van der Waals surface area contributed by atoms with Crippen LogP contribution in [0.15, 0.2) is 18.2 Å². The number of aliphatic hydroxyl groups is 1. The molecule has 1 aromatic rings. The lowest BCUT2D eigenvalue weighted by Gasteiger charge is -2.43. The molecule has 1 aromatic carbocycles. The summed E-state index contributed by atoms with van der Waals surface area (Å²) in [6.45, 7) is 12.6. The largest absolute Gasteiger partial charge is 0.489 e. The van der Waals surface area contributed by atoms with Gasteiger partial charge in [0.2, 0.25) is 0 Å². The van der Waals surface area contributed by atoms with Gasteiger partial charge in [-0.1, -0.05) is 24.6 Å². The standard InChI is InChI=1S/C18H29ClN2O2/c1-5-20-8-9-21(14(4)11-20)17(12-22)15-6-7-18(16(19)10-15)23-13(2)3/h6-7,10,13-14,17,22H,5,8-9,11-12H2,1-4H3. The normalized spacial score (nSPS) is 21.6. The maximum atomic E-state index is 9.95. The SMILES string of the molecule is CCN1CCN(C(CO)c2ccc(OC(C)C)c(Cl)c2)C(C)C1. The van der Waals surface area contributed by atoms with Crippen LogP contribution in [-0.4, -0.2) is 59.8 Å². The molecule has 23 heavy (non-hydrogen) atoms. The average molecular weight is 341 g/mol. The summed E-state index contributed by atoms with van der Waals surface area (Å²) in [5, 5.41) is 10.6. The molecule has 2 unspecified atom stereocenters. The predicted octanol–water partition coefficient (Wildman–Crippen LogP) is 3.19. The Hall–Kier alpha value is -0.810. The van der Waals surface area contributed by atoms with Gasteiger partial charge in [0.15, 0.2) is 0 Å². The van der Waals surface area contributed by atoms with E-state index in [1.165, 1.54) is 0 Å². The lowest BCUT2D eigenvalue weighted by molar-refractivity contribution is 0.0271. The summed E-state index contributed by atoms with van der Waals surface area (Å²) >= 11 is 6.36. The van der Waals surface area contributed by atoms with Crippen molar-refractivity contribution < 1.29 is 9.84 Å². The lowest BCUT2D eigenvalue weighted by atomic mass is 10.0. The summed E-state index contributed by atoms with van der Waals surface area (Å²) in [7, 11) is 0. The van der Waals surface area contributed by atoms with Crippen molar-refractivity contribution in [1.29, 1.82) is 0 Å².